The standard InChI is InChI=1S/C20H20F2N6O/c21-16-2-1-3-17(22)15(16)13-27-9-6-18-25-26-19(28(18)11-10-27)12-24-20(29)14-4-7-23-8-5-14/h1-5,7-8H,6,9-13H2,(H,24,29). The van der Waals surface area contributed by atoms with Gasteiger partial charge in [-0.1, -0.05) is 6.07 Å². The maximum Gasteiger partial charge on any atom is 0.251 e. The van der Waals surface area contributed by atoms with Crippen LogP contribution in [0.1, 0.15) is 27.6 Å². The fraction of sp³-hybridized carbons (Fsp3) is 0.300. The molecule has 1 N–H and O–H groups in total. The predicted octanol–water partition coefficient (Wildman–Crippen LogP) is 1.94. The molecule has 0 aliphatic carbocycles. The molecule has 0 spiro atoms. The molecule has 3 heterocycles. The number of amides is 1. The monoisotopic (exact) mass is 398 g/mol. The highest BCUT2D eigenvalue weighted by Crippen LogP contribution is 2.17. The Hall–Kier alpha value is -3.20. The number of aromatic nitrogens is 4. The van der Waals surface area contributed by atoms with E-state index in [9.17, 15) is 13.6 Å². The van der Waals surface area contributed by atoms with E-state index in [2.05, 4.69) is 20.5 Å². The number of rotatable bonds is 5. The number of pyridine rings is 1. The molecule has 0 radical (unpaired) electrons. The summed E-state index contributed by atoms with van der Waals surface area (Å²) in [5.41, 5.74) is 0.601. The summed E-state index contributed by atoms with van der Waals surface area (Å²) >= 11 is 0. The molecule has 0 bridgehead atoms. The minimum absolute atomic E-state index is 0.0787. The van der Waals surface area contributed by atoms with Gasteiger partial charge in [-0.2, -0.15) is 0 Å². The molecule has 9 heteroatoms. The highest BCUT2D eigenvalue weighted by molar-refractivity contribution is 5.93. The first-order valence-electron chi connectivity index (χ1n) is 9.36. The van der Waals surface area contributed by atoms with Crippen molar-refractivity contribution in [3.63, 3.8) is 0 Å². The smallest absolute Gasteiger partial charge is 0.251 e. The maximum atomic E-state index is 14.0. The number of hydrogen-bond acceptors (Lipinski definition) is 5. The third-order valence-electron chi connectivity index (χ3n) is 4.99. The van der Waals surface area contributed by atoms with Gasteiger partial charge in [-0.05, 0) is 24.3 Å². The number of carbonyl (C=O) groups is 1. The molecule has 2 aromatic heterocycles. The van der Waals surface area contributed by atoms with Crippen molar-refractivity contribution in [2.24, 2.45) is 0 Å². The van der Waals surface area contributed by atoms with Crippen LogP contribution < -0.4 is 5.32 Å². The summed E-state index contributed by atoms with van der Waals surface area (Å²) < 4.78 is 29.9. The first-order chi connectivity index (χ1) is 14.1. The molecule has 1 aromatic carbocycles. The fourth-order valence-corrected chi connectivity index (χ4v) is 3.39. The minimum Gasteiger partial charge on any atom is -0.345 e. The minimum atomic E-state index is -0.534. The van der Waals surface area contributed by atoms with Gasteiger partial charge in [-0.3, -0.25) is 14.7 Å². The van der Waals surface area contributed by atoms with Crippen LogP contribution in [-0.4, -0.2) is 43.6 Å². The molecule has 0 saturated heterocycles. The van der Waals surface area contributed by atoms with Crippen LogP contribution >= 0.6 is 0 Å². The average Bonchev–Trinajstić information content (AvgIpc) is 3.01. The first kappa shape index (κ1) is 19.1. The molecule has 1 aliphatic rings. The Kier molecular flexibility index (Phi) is 5.57. The molecule has 0 atom stereocenters. The number of benzene rings is 1. The van der Waals surface area contributed by atoms with Crippen molar-refractivity contribution < 1.29 is 13.6 Å². The largest absolute Gasteiger partial charge is 0.345 e. The van der Waals surface area contributed by atoms with E-state index in [1.165, 1.54) is 18.2 Å². The van der Waals surface area contributed by atoms with Crippen LogP contribution in [0.4, 0.5) is 8.78 Å². The van der Waals surface area contributed by atoms with Crippen molar-refractivity contribution in [1.29, 1.82) is 0 Å². The lowest BCUT2D eigenvalue weighted by Crippen LogP contribution is -2.28. The third kappa shape index (κ3) is 4.29. The molecule has 1 amide bonds. The van der Waals surface area contributed by atoms with E-state index in [1.54, 1.807) is 24.5 Å². The number of nitrogens with one attached hydrogen (secondary N) is 1. The maximum absolute atomic E-state index is 14.0. The molecule has 0 fully saturated rings. The third-order valence-corrected chi connectivity index (χ3v) is 4.99. The highest BCUT2D eigenvalue weighted by Gasteiger charge is 2.21. The summed E-state index contributed by atoms with van der Waals surface area (Å²) in [5, 5.41) is 11.2. The fourth-order valence-electron chi connectivity index (χ4n) is 3.39. The van der Waals surface area contributed by atoms with Gasteiger partial charge < -0.3 is 9.88 Å². The number of nitrogens with zero attached hydrogens (tertiary/aromatic N) is 5. The van der Waals surface area contributed by atoms with E-state index in [1.807, 2.05) is 9.47 Å². The van der Waals surface area contributed by atoms with Gasteiger partial charge in [0.05, 0.1) is 6.54 Å². The van der Waals surface area contributed by atoms with Crippen LogP contribution in [0.15, 0.2) is 42.7 Å². The van der Waals surface area contributed by atoms with E-state index in [0.717, 1.165) is 5.82 Å². The molecule has 1 aliphatic heterocycles. The van der Waals surface area contributed by atoms with Crippen LogP contribution in [-0.2, 0) is 26.1 Å². The highest BCUT2D eigenvalue weighted by atomic mass is 19.1. The summed E-state index contributed by atoms with van der Waals surface area (Å²) in [6.45, 7) is 2.25. The van der Waals surface area contributed by atoms with Crippen molar-refractivity contribution in [3.05, 3.63) is 77.1 Å². The lowest BCUT2D eigenvalue weighted by Gasteiger charge is -2.20. The Labute approximate surface area is 166 Å². The van der Waals surface area contributed by atoms with Crippen LogP contribution in [0.5, 0.6) is 0 Å². The van der Waals surface area contributed by atoms with Crippen LogP contribution in [0, 0.1) is 11.6 Å². The summed E-state index contributed by atoms with van der Waals surface area (Å²) in [6.07, 6.45) is 3.73. The van der Waals surface area contributed by atoms with E-state index < -0.39 is 11.6 Å². The zero-order chi connectivity index (χ0) is 20.2. The average molecular weight is 398 g/mol. The Bertz CT molecular complexity index is 987. The summed E-state index contributed by atoms with van der Waals surface area (Å²) in [5.74, 6) is 0.173. The van der Waals surface area contributed by atoms with Crippen LogP contribution in [0.2, 0.25) is 0 Å². The van der Waals surface area contributed by atoms with Crippen molar-refractivity contribution in [2.45, 2.75) is 26.1 Å². The van der Waals surface area contributed by atoms with Crippen molar-refractivity contribution in [2.75, 3.05) is 13.1 Å². The summed E-state index contributed by atoms with van der Waals surface area (Å²) in [6, 6.07) is 7.19. The lowest BCUT2D eigenvalue weighted by molar-refractivity contribution is 0.0949. The second-order valence-corrected chi connectivity index (χ2v) is 6.83. The quantitative estimate of drug-likeness (QED) is 0.711. The van der Waals surface area contributed by atoms with Gasteiger partial charge >= 0.3 is 0 Å². The lowest BCUT2D eigenvalue weighted by atomic mass is 10.2. The van der Waals surface area contributed by atoms with Gasteiger partial charge in [0.15, 0.2) is 5.82 Å². The second kappa shape index (κ2) is 8.44. The Morgan fingerprint density at radius 2 is 1.79 bits per heavy atom. The van der Waals surface area contributed by atoms with Crippen LogP contribution in [0.3, 0.4) is 0 Å². The van der Waals surface area contributed by atoms with Gasteiger partial charge in [0.25, 0.3) is 5.91 Å². The first-order valence-corrected chi connectivity index (χ1v) is 9.36. The predicted molar refractivity (Wildman–Crippen MR) is 101 cm³/mol. The molecule has 4 rings (SSSR count). The van der Waals surface area contributed by atoms with Crippen molar-refractivity contribution in [1.82, 2.24) is 30.0 Å². The summed E-state index contributed by atoms with van der Waals surface area (Å²) in [7, 11) is 0. The second-order valence-electron chi connectivity index (χ2n) is 6.83. The molecule has 150 valence electrons. The number of halogens is 2. The van der Waals surface area contributed by atoms with Gasteiger partial charge in [0, 0.05) is 56.1 Å². The van der Waals surface area contributed by atoms with E-state index in [-0.39, 0.29) is 24.6 Å². The van der Waals surface area contributed by atoms with Crippen molar-refractivity contribution >= 4 is 5.91 Å². The molecular formula is C20H20F2N6O. The SMILES string of the molecule is O=C(NCc1nnc2n1CCN(Cc1c(F)cccc1F)CC2)c1ccncc1. The molecule has 3 aromatic rings. The topological polar surface area (TPSA) is 75.9 Å². The Morgan fingerprint density at radius 1 is 1.03 bits per heavy atom. The van der Waals surface area contributed by atoms with E-state index in [4.69, 9.17) is 0 Å². The van der Waals surface area contributed by atoms with Gasteiger partial charge in [0.2, 0.25) is 0 Å². The zero-order valence-electron chi connectivity index (χ0n) is 15.7. The normalized spacial score (nSPS) is 14.3. The molecular weight excluding hydrogens is 378 g/mol. The van der Waals surface area contributed by atoms with Gasteiger partial charge in [-0.15, -0.1) is 10.2 Å². The molecule has 0 unspecified atom stereocenters. The number of hydrogen-bond donors (Lipinski definition) is 1. The molecule has 0 saturated carbocycles. The molecule has 29 heavy (non-hydrogen) atoms. The van der Waals surface area contributed by atoms with E-state index in [0.29, 0.717) is 37.4 Å². The van der Waals surface area contributed by atoms with E-state index >= 15 is 0 Å². The Balaban J connectivity index is 1.40. The van der Waals surface area contributed by atoms with Gasteiger partial charge in [-0.25, -0.2) is 8.78 Å². The number of carbonyl (C=O) groups excluding carboxylic acids is 1. The van der Waals surface area contributed by atoms with Crippen molar-refractivity contribution in [3.8, 4) is 0 Å². The van der Waals surface area contributed by atoms with Crippen LogP contribution in [0.25, 0.3) is 0 Å². The zero-order valence-corrected chi connectivity index (χ0v) is 15.7. The summed E-state index contributed by atoms with van der Waals surface area (Å²) in [4.78, 5) is 18.1. The van der Waals surface area contributed by atoms with Gasteiger partial charge in [0.1, 0.15) is 17.5 Å². The number of fused-ring (bicyclic) bond motifs is 1. The molecule has 7 nitrogen and oxygen atoms in total. The Morgan fingerprint density at radius 3 is 2.55 bits per heavy atom.